The van der Waals surface area contributed by atoms with Gasteiger partial charge in [0, 0.05) is 12.2 Å². The minimum absolute atomic E-state index is 0.0742. The Labute approximate surface area is 142 Å². The van der Waals surface area contributed by atoms with Gasteiger partial charge in [0.05, 0.1) is 12.2 Å². The minimum atomic E-state index is -0.0742. The van der Waals surface area contributed by atoms with Crippen molar-refractivity contribution in [2.24, 2.45) is 0 Å². The van der Waals surface area contributed by atoms with Crippen molar-refractivity contribution in [1.82, 2.24) is 20.3 Å². The summed E-state index contributed by atoms with van der Waals surface area (Å²) < 4.78 is 1.86. The molecule has 24 heavy (non-hydrogen) atoms. The molecule has 1 saturated heterocycles. The third kappa shape index (κ3) is 3.82. The molecule has 1 aromatic heterocycles. The van der Waals surface area contributed by atoms with Gasteiger partial charge in [-0.2, -0.15) is 0 Å². The molecule has 1 aromatic carbocycles. The molecule has 6 heteroatoms. The van der Waals surface area contributed by atoms with E-state index in [1.807, 2.05) is 35.0 Å². The van der Waals surface area contributed by atoms with Crippen LogP contribution < -0.4 is 10.2 Å². The van der Waals surface area contributed by atoms with Gasteiger partial charge in [0.15, 0.2) is 5.69 Å². The SMILES string of the molecule is CCCCN(C(=O)c1cn(C2CCNCC2)nn1)c1ccccc1. The smallest absolute Gasteiger partial charge is 0.280 e. The predicted molar refractivity (Wildman–Crippen MR) is 94.2 cm³/mol. The maximum absolute atomic E-state index is 12.9. The van der Waals surface area contributed by atoms with Crippen LogP contribution in [-0.4, -0.2) is 40.5 Å². The molecular weight excluding hydrogens is 302 g/mol. The third-order valence-electron chi connectivity index (χ3n) is 4.46. The molecule has 1 amide bonds. The number of nitrogens with one attached hydrogen (secondary N) is 1. The van der Waals surface area contributed by atoms with Crippen molar-refractivity contribution in [3.63, 3.8) is 0 Å². The summed E-state index contributed by atoms with van der Waals surface area (Å²) in [5.41, 5.74) is 1.33. The van der Waals surface area contributed by atoms with E-state index in [1.54, 1.807) is 11.1 Å². The van der Waals surface area contributed by atoms with E-state index < -0.39 is 0 Å². The molecule has 2 aromatic rings. The van der Waals surface area contributed by atoms with E-state index in [0.717, 1.165) is 44.5 Å². The van der Waals surface area contributed by atoms with Gasteiger partial charge in [0.1, 0.15) is 0 Å². The Bertz CT molecular complexity index is 648. The lowest BCUT2D eigenvalue weighted by Gasteiger charge is -2.22. The van der Waals surface area contributed by atoms with Crippen LogP contribution >= 0.6 is 0 Å². The summed E-state index contributed by atoms with van der Waals surface area (Å²) >= 11 is 0. The van der Waals surface area contributed by atoms with Crippen LogP contribution in [0.5, 0.6) is 0 Å². The topological polar surface area (TPSA) is 63.1 Å². The monoisotopic (exact) mass is 327 g/mol. The fourth-order valence-corrected chi connectivity index (χ4v) is 3.03. The zero-order chi connectivity index (χ0) is 16.8. The number of rotatable bonds is 6. The van der Waals surface area contributed by atoms with Crippen LogP contribution in [0.2, 0.25) is 0 Å². The zero-order valence-corrected chi connectivity index (χ0v) is 14.2. The molecule has 128 valence electrons. The molecule has 0 aliphatic carbocycles. The Balaban J connectivity index is 1.78. The summed E-state index contributed by atoms with van der Waals surface area (Å²) in [6.45, 7) is 4.79. The first kappa shape index (κ1) is 16.6. The Morgan fingerprint density at radius 2 is 2.04 bits per heavy atom. The summed E-state index contributed by atoms with van der Waals surface area (Å²) in [4.78, 5) is 14.8. The van der Waals surface area contributed by atoms with Gasteiger partial charge in [-0.25, -0.2) is 4.68 Å². The summed E-state index contributed by atoms with van der Waals surface area (Å²) in [6.07, 6.45) is 5.85. The van der Waals surface area contributed by atoms with Crippen LogP contribution in [0, 0.1) is 0 Å². The number of hydrogen-bond acceptors (Lipinski definition) is 4. The first-order valence-corrected chi connectivity index (χ1v) is 8.79. The molecular formula is C18H25N5O. The summed E-state index contributed by atoms with van der Waals surface area (Å²) in [6, 6.07) is 10.1. The van der Waals surface area contributed by atoms with E-state index >= 15 is 0 Å². The van der Waals surface area contributed by atoms with Crippen molar-refractivity contribution < 1.29 is 4.79 Å². The van der Waals surface area contributed by atoms with Crippen molar-refractivity contribution in [2.75, 3.05) is 24.5 Å². The van der Waals surface area contributed by atoms with E-state index in [2.05, 4.69) is 22.6 Å². The number of carbonyl (C=O) groups is 1. The summed E-state index contributed by atoms with van der Waals surface area (Å²) in [7, 11) is 0. The maximum Gasteiger partial charge on any atom is 0.280 e. The first-order chi connectivity index (χ1) is 11.8. The molecule has 2 heterocycles. The Morgan fingerprint density at radius 3 is 2.75 bits per heavy atom. The number of aromatic nitrogens is 3. The van der Waals surface area contributed by atoms with Gasteiger partial charge >= 0.3 is 0 Å². The molecule has 1 fully saturated rings. The van der Waals surface area contributed by atoms with Crippen LogP contribution in [0.4, 0.5) is 5.69 Å². The molecule has 0 spiro atoms. The second kappa shape index (κ2) is 8.06. The molecule has 1 aliphatic rings. The predicted octanol–water partition coefficient (Wildman–Crippen LogP) is 2.65. The van der Waals surface area contributed by atoms with E-state index in [9.17, 15) is 4.79 Å². The van der Waals surface area contributed by atoms with E-state index in [0.29, 0.717) is 18.3 Å². The molecule has 0 radical (unpaired) electrons. The Morgan fingerprint density at radius 1 is 1.29 bits per heavy atom. The second-order valence-electron chi connectivity index (χ2n) is 6.21. The van der Waals surface area contributed by atoms with Crippen LogP contribution in [0.3, 0.4) is 0 Å². The fraction of sp³-hybridized carbons (Fsp3) is 0.500. The molecule has 0 atom stereocenters. The highest BCUT2D eigenvalue weighted by Crippen LogP contribution is 2.20. The van der Waals surface area contributed by atoms with Crippen molar-refractivity contribution in [1.29, 1.82) is 0 Å². The summed E-state index contributed by atoms with van der Waals surface area (Å²) in [5, 5.41) is 11.7. The number of hydrogen-bond donors (Lipinski definition) is 1. The van der Waals surface area contributed by atoms with Crippen LogP contribution in [-0.2, 0) is 0 Å². The highest BCUT2D eigenvalue weighted by atomic mass is 16.2. The fourth-order valence-electron chi connectivity index (χ4n) is 3.03. The lowest BCUT2D eigenvalue weighted by atomic mass is 10.1. The number of nitrogens with zero attached hydrogens (tertiary/aromatic N) is 4. The number of benzene rings is 1. The van der Waals surface area contributed by atoms with Gasteiger partial charge < -0.3 is 10.2 Å². The van der Waals surface area contributed by atoms with Gasteiger partial charge in [-0.3, -0.25) is 4.79 Å². The van der Waals surface area contributed by atoms with Gasteiger partial charge in [0.2, 0.25) is 0 Å². The second-order valence-corrected chi connectivity index (χ2v) is 6.21. The first-order valence-electron chi connectivity index (χ1n) is 8.79. The molecule has 1 aliphatic heterocycles. The van der Waals surface area contributed by atoms with Crippen LogP contribution in [0.15, 0.2) is 36.5 Å². The van der Waals surface area contributed by atoms with Crippen molar-refractivity contribution in [3.05, 3.63) is 42.2 Å². The molecule has 0 unspecified atom stereocenters. The molecule has 0 saturated carbocycles. The van der Waals surface area contributed by atoms with Crippen LogP contribution in [0.25, 0.3) is 0 Å². The molecule has 1 N–H and O–H groups in total. The average Bonchev–Trinajstić information content (AvgIpc) is 3.14. The number of piperidine rings is 1. The van der Waals surface area contributed by atoms with Gasteiger partial charge in [0.25, 0.3) is 5.91 Å². The van der Waals surface area contributed by atoms with Gasteiger partial charge in [-0.15, -0.1) is 5.10 Å². The van der Waals surface area contributed by atoms with Crippen LogP contribution in [0.1, 0.15) is 49.1 Å². The third-order valence-corrected chi connectivity index (χ3v) is 4.46. The molecule has 3 rings (SSSR count). The van der Waals surface area contributed by atoms with E-state index in [4.69, 9.17) is 0 Å². The average molecular weight is 327 g/mol. The van der Waals surface area contributed by atoms with Gasteiger partial charge in [-0.05, 0) is 44.5 Å². The lowest BCUT2D eigenvalue weighted by Crippen LogP contribution is -2.32. The number of anilines is 1. The molecule has 0 bridgehead atoms. The largest absolute Gasteiger partial charge is 0.317 e. The van der Waals surface area contributed by atoms with Gasteiger partial charge in [-0.1, -0.05) is 36.8 Å². The standard InChI is InChI=1S/C18H25N5O/c1-2-3-13-22(15-7-5-4-6-8-15)18(24)17-14-23(21-20-17)16-9-11-19-12-10-16/h4-8,14,16,19H,2-3,9-13H2,1H3. The zero-order valence-electron chi connectivity index (χ0n) is 14.2. The Kier molecular flexibility index (Phi) is 5.59. The van der Waals surface area contributed by atoms with E-state index in [-0.39, 0.29) is 5.91 Å². The minimum Gasteiger partial charge on any atom is -0.317 e. The maximum atomic E-state index is 12.9. The van der Waals surface area contributed by atoms with Crippen molar-refractivity contribution >= 4 is 11.6 Å². The number of carbonyl (C=O) groups excluding carboxylic acids is 1. The number of para-hydroxylation sites is 1. The highest BCUT2D eigenvalue weighted by Gasteiger charge is 2.23. The number of amides is 1. The number of unbranched alkanes of at least 4 members (excludes halogenated alkanes) is 1. The Hall–Kier alpha value is -2.21. The van der Waals surface area contributed by atoms with Crippen molar-refractivity contribution in [2.45, 2.75) is 38.6 Å². The quantitative estimate of drug-likeness (QED) is 0.886. The summed E-state index contributed by atoms with van der Waals surface area (Å²) in [5.74, 6) is -0.0742. The van der Waals surface area contributed by atoms with E-state index in [1.165, 1.54) is 0 Å². The normalized spacial score (nSPS) is 15.4. The lowest BCUT2D eigenvalue weighted by molar-refractivity contribution is 0.0981. The molecule has 6 nitrogen and oxygen atoms in total. The highest BCUT2D eigenvalue weighted by molar-refractivity contribution is 6.04. The van der Waals surface area contributed by atoms with Crippen molar-refractivity contribution in [3.8, 4) is 0 Å².